The van der Waals surface area contributed by atoms with Crippen LogP contribution in [0.25, 0.3) is 0 Å². The standard InChI is InChI=1S/C15H25N/c1-12(6-5-11-16)13-7-9-14(10-8-13)15(2,3)4/h7-10,12H,5-6,11,16H2,1-4H3. The quantitative estimate of drug-likeness (QED) is 0.818. The van der Waals surface area contributed by atoms with E-state index in [9.17, 15) is 0 Å². The molecule has 0 aliphatic rings. The van der Waals surface area contributed by atoms with Gasteiger partial charge in [-0.25, -0.2) is 0 Å². The van der Waals surface area contributed by atoms with Gasteiger partial charge in [-0.15, -0.1) is 0 Å². The molecule has 0 amide bonds. The van der Waals surface area contributed by atoms with Crippen LogP contribution in [-0.4, -0.2) is 6.54 Å². The highest BCUT2D eigenvalue weighted by Gasteiger charge is 2.13. The van der Waals surface area contributed by atoms with E-state index in [0.717, 1.165) is 13.0 Å². The molecule has 0 saturated heterocycles. The molecule has 0 aromatic heterocycles. The molecule has 0 radical (unpaired) electrons. The summed E-state index contributed by atoms with van der Waals surface area (Å²) < 4.78 is 0. The molecule has 1 unspecified atom stereocenters. The number of rotatable bonds is 4. The van der Waals surface area contributed by atoms with Gasteiger partial charge >= 0.3 is 0 Å². The van der Waals surface area contributed by atoms with Crippen molar-refractivity contribution in [2.75, 3.05) is 6.54 Å². The summed E-state index contributed by atoms with van der Waals surface area (Å²) in [6.45, 7) is 9.83. The van der Waals surface area contributed by atoms with Crippen LogP contribution in [-0.2, 0) is 5.41 Å². The minimum absolute atomic E-state index is 0.249. The molecule has 1 heteroatoms. The predicted octanol–water partition coefficient (Wildman–Crippen LogP) is 3.83. The Hall–Kier alpha value is -0.820. The van der Waals surface area contributed by atoms with Crippen LogP contribution in [0.3, 0.4) is 0 Å². The Labute approximate surface area is 100 Å². The lowest BCUT2D eigenvalue weighted by Crippen LogP contribution is -2.11. The molecule has 0 aliphatic carbocycles. The van der Waals surface area contributed by atoms with Crippen LogP contribution in [0.2, 0.25) is 0 Å². The molecule has 0 saturated carbocycles. The lowest BCUT2D eigenvalue weighted by Gasteiger charge is -2.20. The summed E-state index contributed by atoms with van der Waals surface area (Å²) in [5, 5.41) is 0. The molecule has 90 valence electrons. The molecule has 16 heavy (non-hydrogen) atoms. The zero-order chi connectivity index (χ0) is 12.2. The molecule has 1 aromatic carbocycles. The monoisotopic (exact) mass is 219 g/mol. The predicted molar refractivity (Wildman–Crippen MR) is 71.8 cm³/mol. The van der Waals surface area contributed by atoms with Gasteiger partial charge in [0.05, 0.1) is 0 Å². The average molecular weight is 219 g/mol. The van der Waals surface area contributed by atoms with E-state index in [2.05, 4.69) is 52.0 Å². The molecule has 1 nitrogen and oxygen atoms in total. The SMILES string of the molecule is CC(CCCN)c1ccc(C(C)(C)C)cc1. The first-order chi connectivity index (χ1) is 7.45. The van der Waals surface area contributed by atoms with Gasteiger partial charge in [0.1, 0.15) is 0 Å². The summed E-state index contributed by atoms with van der Waals surface area (Å²) in [4.78, 5) is 0. The van der Waals surface area contributed by atoms with Crippen LogP contribution in [0, 0.1) is 0 Å². The maximum Gasteiger partial charge on any atom is -0.00771 e. The summed E-state index contributed by atoms with van der Waals surface area (Å²) in [6, 6.07) is 9.05. The van der Waals surface area contributed by atoms with Crippen LogP contribution in [0.1, 0.15) is 57.6 Å². The number of nitrogens with two attached hydrogens (primary N) is 1. The van der Waals surface area contributed by atoms with E-state index in [1.165, 1.54) is 17.5 Å². The zero-order valence-electron chi connectivity index (χ0n) is 11.1. The van der Waals surface area contributed by atoms with E-state index in [4.69, 9.17) is 5.73 Å². The van der Waals surface area contributed by atoms with Gasteiger partial charge < -0.3 is 5.73 Å². The lowest BCUT2D eigenvalue weighted by atomic mass is 9.85. The van der Waals surface area contributed by atoms with Gasteiger partial charge in [0.15, 0.2) is 0 Å². The summed E-state index contributed by atoms with van der Waals surface area (Å²) in [7, 11) is 0. The van der Waals surface area contributed by atoms with E-state index >= 15 is 0 Å². The summed E-state index contributed by atoms with van der Waals surface area (Å²) in [5.74, 6) is 0.623. The molecule has 2 N–H and O–H groups in total. The van der Waals surface area contributed by atoms with Gasteiger partial charge in [0, 0.05) is 0 Å². The smallest absolute Gasteiger partial charge is 0.00771 e. The molecule has 0 bridgehead atoms. The third-order valence-electron chi connectivity index (χ3n) is 3.19. The van der Waals surface area contributed by atoms with Crippen LogP contribution >= 0.6 is 0 Å². The van der Waals surface area contributed by atoms with E-state index in [1.54, 1.807) is 0 Å². The van der Waals surface area contributed by atoms with Crippen molar-refractivity contribution in [2.24, 2.45) is 5.73 Å². The lowest BCUT2D eigenvalue weighted by molar-refractivity contribution is 0.588. The summed E-state index contributed by atoms with van der Waals surface area (Å²) in [6.07, 6.45) is 2.30. The van der Waals surface area contributed by atoms with Crippen molar-refractivity contribution < 1.29 is 0 Å². The average Bonchev–Trinajstić information content (AvgIpc) is 2.25. The molecule has 0 heterocycles. The highest BCUT2D eigenvalue weighted by Crippen LogP contribution is 2.26. The Morgan fingerprint density at radius 2 is 1.69 bits per heavy atom. The minimum Gasteiger partial charge on any atom is -0.330 e. The van der Waals surface area contributed by atoms with E-state index in [0.29, 0.717) is 5.92 Å². The van der Waals surface area contributed by atoms with Gasteiger partial charge in [0.2, 0.25) is 0 Å². The number of hydrogen-bond acceptors (Lipinski definition) is 1. The zero-order valence-corrected chi connectivity index (χ0v) is 11.1. The Bertz CT molecular complexity index is 305. The van der Waals surface area contributed by atoms with Gasteiger partial charge in [-0.1, -0.05) is 52.0 Å². The molecule has 0 aliphatic heterocycles. The fourth-order valence-electron chi connectivity index (χ4n) is 1.90. The molecule has 0 spiro atoms. The van der Waals surface area contributed by atoms with E-state index in [1.807, 2.05) is 0 Å². The molecule has 1 aromatic rings. The Morgan fingerprint density at radius 3 is 2.12 bits per heavy atom. The van der Waals surface area contributed by atoms with Crippen LogP contribution in [0.4, 0.5) is 0 Å². The van der Waals surface area contributed by atoms with Crippen molar-refractivity contribution in [3.8, 4) is 0 Å². The summed E-state index contributed by atoms with van der Waals surface area (Å²) in [5.41, 5.74) is 8.62. The van der Waals surface area contributed by atoms with Crippen LogP contribution in [0.15, 0.2) is 24.3 Å². The van der Waals surface area contributed by atoms with Crippen molar-refractivity contribution in [1.82, 2.24) is 0 Å². The highest BCUT2D eigenvalue weighted by molar-refractivity contribution is 5.29. The Kier molecular flexibility index (Phi) is 4.55. The molecular formula is C15H25N. The normalized spacial score (nSPS) is 13.8. The van der Waals surface area contributed by atoms with Gasteiger partial charge in [-0.05, 0) is 41.8 Å². The third kappa shape index (κ3) is 3.64. The van der Waals surface area contributed by atoms with Gasteiger partial charge in [0.25, 0.3) is 0 Å². The first-order valence-corrected chi connectivity index (χ1v) is 6.25. The maximum absolute atomic E-state index is 5.54. The van der Waals surface area contributed by atoms with Gasteiger partial charge in [-0.2, -0.15) is 0 Å². The van der Waals surface area contributed by atoms with Gasteiger partial charge in [-0.3, -0.25) is 0 Å². The second-order valence-corrected chi connectivity index (χ2v) is 5.70. The highest BCUT2D eigenvalue weighted by atomic mass is 14.5. The van der Waals surface area contributed by atoms with Crippen molar-refractivity contribution in [1.29, 1.82) is 0 Å². The third-order valence-corrected chi connectivity index (χ3v) is 3.19. The van der Waals surface area contributed by atoms with Crippen molar-refractivity contribution >= 4 is 0 Å². The largest absolute Gasteiger partial charge is 0.330 e. The van der Waals surface area contributed by atoms with Crippen LogP contribution < -0.4 is 5.73 Å². The second-order valence-electron chi connectivity index (χ2n) is 5.70. The minimum atomic E-state index is 0.249. The molecular weight excluding hydrogens is 194 g/mol. The number of benzene rings is 1. The molecule has 0 fully saturated rings. The summed E-state index contributed by atoms with van der Waals surface area (Å²) >= 11 is 0. The fraction of sp³-hybridized carbons (Fsp3) is 0.600. The van der Waals surface area contributed by atoms with Crippen molar-refractivity contribution in [3.63, 3.8) is 0 Å². The Morgan fingerprint density at radius 1 is 1.12 bits per heavy atom. The molecule has 1 atom stereocenters. The topological polar surface area (TPSA) is 26.0 Å². The second kappa shape index (κ2) is 5.49. The van der Waals surface area contributed by atoms with E-state index < -0.39 is 0 Å². The first-order valence-electron chi connectivity index (χ1n) is 6.25. The van der Waals surface area contributed by atoms with Crippen LogP contribution in [0.5, 0.6) is 0 Å². The van der Waals surface area contributed by atoms with Crippen molar-refractivity contribution in [2.45, 2.75) is 51.9 Å². The van der Waals surface area contributed by atoms with Crippen molar-refractivity contribution in [3.05, 3.63) is 35.4 Å². The maximum atomic E-state index is 5.54. The Balaban J connectivity index is 2.71. The van der Waals surface area contributed by atoms with E-state index in [-0.39, 0.29) is 5.41 Å². The molecule has 1 rings (SSSR count). The first kappa shape index (κ1) is 13.2. The fourth-order valence-corrected chi connectivity index (χ4v) is 1.90. The number of hydrogen-bond donors (Lipinski definition) is 1.